The van der Waals surface area contributed by atoms with Gasteiger partial charge in [-0.1, -0.05) is 43.0 Å². The third-order valence-corrected chi connectivity index (χ3v) is 4.45. The van der Waals surface area contributed by atoms with Crippen molar-refractivity contribution >= 4 is 23.8 Å². The first kappa shape index (κ1) is 21.9. The van der Waals surface area contributed by atoms with E-state index in [4.69, 9.17) is 10.5 Å². The van der Waals surface area contributed by atoms with E-state index in [0.29, 0.717) is 19.4 Å². The van der Waals surface area contributed by atoms with Crippen LogP contribution in [0.3, 0.4) is 0 Å². The van der Waals surface area contributed by atoms with Crippen LogP contribution in [0.15, 0.2) is 43.0 Å². The van der Waals surface area contributed by atoms with Gasteiger partial charge in [-0.05, 0) is 18.4 Å². The zero-order chi connectivity index (χ0) is 21.2. The first-order chi connectivity index (χ1) is 13.9. The van der Waals surface area contributed by atoms with Crippen LogP contribution >= 0.6 is 0 Å². The fraction of sp³-hybridized carbons (Fsp3) is 0.400. The first-order valence-corrected chi connectivity index (χ1v) is 9.36. The summed E-state index contributed by atoms with van der Waals surface area (Å²) in [6, 6.07) is 7.53. The van der Waals surface area contributed by atoms with Crippen LogP contribution in [0.1, 0.15) is 18.4 Å². The van der Waals surface area contributed by atoms with Gasteiger partial charge >= 0.3 is 6.09 Å². The van der Waals surface area contributed by atoms with Gasteiger partial charge in [0, 0.05) is 13.0 Å². The van der Waals surface area contributed by atoms with Crippen molar-refractivity contribution < 1.29 is 23.9 Å². The molecule has 1 heterocycles. The van der Waals surface area contributed by atoms with E-state index >= 15 is 0 Å². The van der Waals surface area contributed by atoms with Crippen LogP contribution < -0.4 is 16.4 Å². The van der Waals surface area contributed by atoms with Gasteiger partial charge in [0.25, 0.3) is 0 Å². The summed E-state index contributed by atoms with van der Waals surface area (Å²) in [5.41, 5.74) is 6.26. The number of primary amides is 1. The molecule has 4 amide bonds. The standard InChI is InChI=1S/C20H26N4O5/c1-2-11-29-20(28)23-15-9-6-10-24(19(15)27)13-17(25)22-16(18(21)26)12-14-7-4-3-5-8-14/h2-5,7-8,15-16H,1,6,9-13H2,(H2,21,26)(H,22,25)(H,23,28)/t15-,16-/m0/s1. The Hall–Kier alpha value is -3.36. The number of nitrogens with zero attached hydrogens (tertiary/aromatic N) is 1. The molecule has 1 aliphatic rings. The number of likely N-dealkylation sites (tertiary alicyclic amines) is 1. The lowest BCUT2D eigenvalue weighted by Gasteiger charge is -2.32. The number of carbonyl (C=O) groups excluding carboxylic acids is 4. The molecular formula is C20H26N4O5. The van der Waals surface area contributed by atoms with Crippen LogP contribution in [-0.2, 0) is 25.5 Å². The molecule has 0 radical (unpaired) electrons. The summed E-state index contributed by atoms with van der Waals surface area (Å²) in [5, 5.41) is 5.08. The lowest BCUT2D eigenvalue weighted by atomic mass is 10.0. The zero-order valence-electron chi connectivity index (χ0n) is 16.1. The molecule has 0 aliphatic carbocycles. The second-order valence-corrected chi connectivity index (χ2v) is 6.70. The smallest absolute Gasteiger partial charge is 0.408 e. The van der Waals surface area contributed by atoms with Gasteiger partial charge in [0.2, 0.25) is 17.7 Å². The van der Waals surface area contributed by atoms with Gasteiger partial charge in [0.15, 0.2) is 0 Å². The van der Waals surface area contributed by atoms with Gasteiger partial charge < -0.3 is 26.0 Å². The average Bonchev–Trinajstić information content (AvgIpc) is 2.69. The molecule has 2 atom stereocenters. The van der Waals surface area contributed by atoms with E-state index in [1.165, 1.54) is 11.0 Å². The van der Waals surface area contributed by atoms with E-state index in [-0.39, 0.29) is 25.5 Å². The highest BCUT2D eigenvalue weighted by Gasteiger charge is 2.32. The van der Waals surface area contributed by atoms with E-state index in [9.17, 15) is 19.2 Å². The number of nitrogens with one attached hydrogen (secondary N) is 2. The highest BCUT2D eigenvalue weighted by molar-refractivity contribution is 5.92. The predicted octanol–water partition coefficient (Wildman–Crippen LogP) is 0.102. The van der Waals surface area contributed by atoms with Crippen LogP contribution in [0.2, 0.25) is 0 Å². The highest BCUT2D eigenvalue weighted by atomic mass is 16.5. The van der Waals surface area contributed by atoms with E-state index in [1.807, 2.05) is 30.3 Å². The molecule has 2 rings (SSSR count). The summed E-state index contributed by atoms with van der Waals surface area (Å²) >= 11 is 0. The first-order valence-electron chi connectivity index (χ1n) is 9.36. The Morgan fingerprint density at radius 1 is 1.31 bits per heavy atom. The van der Waals surface area contributed by atoms with Crippen LogP contribution in [0, 0.1) is 0 Å². The Bertz CT molecular complexity index is 752. The molecule has 1 aromatic carbocycles. The SMILES string of the molecule is C=CCOC(=O)N[C@H]1CCCN(CC(=O)N[C@@H](Cc2ccccc2)C(N)=O)C1=O. The third kappa shape index (κ3) is 6.95. The number of ether oxygens (including phenoxy) is 1. The summed E-state index contributed by atoms with van der Waals surface area (Å²) in [7, 11) is 0. The third-order valence-electron chi connectivity index (χ3n) is 4.45. The van der Waals surface area contributed by atoms with Crippen molar-refractivity contribution in [1.82, 2.24) is 15.5 Å². The predicted molar refractivity (Wildman–Crippen MR) is 106 cm³/mol. The minimum atomic E-state index is -0.882. The van der Waals surface area contributed by atoms with E-state index in [1.54, 1.807) is 0 Å². The van der Waals surface area contributed by atoms with E-state index in [0.717, 1.165) is 5.56 Å². The van der Waals surface area contributed by atoms with Gasteiger partial charge in [0.1, 0.15) is 18.7 Å². The lowest BCUT2D eigenvalue weighted by molar-refractivity contribution is -0.140. The maximum Gasteiger partial charge on any atom is 0.408 e. The van der Waals surface area contributed by atoms with Crippen molar-refractivity contribution in [2.75, 3.05) is 19.7 Å². The Morgan fingerprint density at radius 3 is 2.69 bits per heavy atom. The molecule has 0 spiro atoms. The number of benzene rings is 1. The second-order valence-electron chi connectivity index (χ2n) is 6.70. The minimum Gasteiger partial charge on any atom is -0.445 e. The fourth-order valence-corrected chi connectivity index (χ4v) is 3.04. The van der Waals surface area contributed by atoms with Gasteiger partial charge in [-0.15, -0.1) is 0 Å². The molecule has 0 aromatic heterocycles. The summed E-state index contributed by atoms with van der Waals surface area (Å²) in [6.07, 6.45) is 2.04. The number of nitrogens with two attached hydrogens (primary N) is 1. The molecular weight excluding hydrogens is 376 g/mol. The Labute approximate surface area is 169 Å². The van der Waals surface area contributed by atoms with Gasteiger partial charge in [0.05, 0.1) is 6.54 Å². The highest BCUT2D eigenvalue weighted by Crippen LogP contribution is 2.12. The molecule has 1 aliphatic heterocycles. The minimum absolute atomic E-state index is 0.0365. The van der Waals surface area contributed by atoms with Crippen LogP contribution in [0.25, 0.3) is 0 Å². The average molecular weight is 402 g/mol. The number of carbonyl (C=O) groups is 4. The number of amides is 4. The maximum absolute atomic E-state index is 12.5. The maximum atomic E-state index is 12.5. The van der Waals surface area contributed by atoms with Gasteiger partial charge in [-0.25, -0.2) is 4.79 Å². The molecule has 9 heteroatoms. The molecule has 4 N–H and O–H groups in total. The molecule has 1 fully saturated rings. The monoisotopic (exact) mass is 402 g/mol. The summed E-state index contributed by atoms with van der Waals surface area (Å²) < 4.78 is 4.82. The van der Waals surface area contributed by atoms with Crippen molar-refractivity contribution in [3.8, 4) is 0 Å². The Kier molecular flexibility index (Phi) is 8.20. The van der Waals surface area contributed by atoms with E-state index < -0.39 is 30.0 Å². The number of rotatable bonds is 9. The molecule has 0 unspecified atom stereocenters. The second kappa shape index (κ2) is 10.8. The normalized spacial score (nSPS) is 17.2. The largest absolute Gasteiger partial charge is 0.445 e. The zero-order valence-corrected chi connectivity index (χ0v) is 16.1. The molecule has 0 bridgehead atoms. The molecule has 0 saturated carbocycles. The summed E-state index contributed by atoms with van der Waals surface area (Å²) in [4.78, 5) is 49.7. The number of hydrogen-bond donors (Lipinski definition) is 3. The lowest BCUT2D eigenvalue weighted by Crippen LogP contribution is -2.56. The van der Waals surface area contributed by atoms with Crippen LogP contribution in [-0.4, -0.2) is 60.5 Å². The Balaban J connectivity index is 1.90. The molecule has 9 nitrogen and oxygen atoms in total. The van der Waals surface area contributed by atoms with Crippen molar-refractivity contribution in [2.24, 2.45) is 5.73 Å². The number of piperidine rings is 1. The topological polar surface area (TPSA) is 131 Å². The molecule has 29 heavy (non-hydrogen) atoms. The number of alkyl carbamates (subject to hydrolysis) is 1. The van der Waals surface area contributed by atoms with Gasteiger partial charge in [-0.3, -0.25) is 14.4 Å². The summed E-state index contributed by atoms with van der Waals surface area (Å²) in [6.45, 7) is 3.64. The van der Waals surface area contributed by atoms with Crippen molar-refractivity contribution in [3.63, 3.8) is 0 Å². The van der Waals surface area contributed by atoms with E-state index in [2.05, 4.69) is 17.2 Å². The van der Waals surface area contributed by atoms with Gasteiger partial charge in [-0.2, -0.15) is 0 Å². The Morgan fingerprint density at radius 2 is 2.03 bits per heavy atom. The summed E-state index contributed by atoms with van der Waals surface area (Å²) in [5.74, 6) is -1.52. The molecule has 1 saturated heterocycles. The molecule has 1 aromatic rings. The fourth-order valence-electron chi connectivity index (χ4n) is 3.04. The molecule has 156 valence electrons. The number of hydrogen-bond acceptors (Lipinski definition) is 5. The van der Waals surface area contributed by atoms with Crippen molar-refractivity contribution in [2.45, 2.75) is 31.3 Å². The van der Waals surface area contributed by atoms with Crippen molar-refractivity contribution in [3.05, 3.63) is 48.6 Å². The van der Waals surface area contributed by atoms with Crippen LogP contribution in [0.5, 0.6) is 0 Å². The quantitative estimate of drug-likeness (QED) is 0.504. The van der Waals surface area contributed by atoms with Crippen molar-refractivity contribution in [1.29, 1.82) is 0 Å². The van der Waals surface area contributed by atoms with Crippen LogP contribution in [0.4, 0.5) is 4.79 Å².